The van der Waals surface area contributed by atoms with E-state index in [-0.39, 0.29) is 11.8 Å². The van der Waals surface area contributed by atoms with Gasteiger partial charge in [0.25, 0.3) is 0 Å². The molecule has 16 heavy (non-hydrogen) atoms. The molecule has 0 aromatic heterocycles. The average molecular weight is 260 g/mol. The highest BCUT2D eigenvalue weighted by molar-refractivity contribution is 6.52. The minimum Gasteiger partial charge on any atom is -0.497 e. The summed E-state index contributed by atoms with van der Waals surface area (Å²) < 4.78 is 4.13. The Morgan fingerprint density at radius 3 is 2.44 bits per heavy atom. The molecule has 0 radical (unpaired) electrons. The Balaban J connectivity index is 1.96. The fraction of sp³-hybridized carbons (Fsp3) is 0.364. The lowest BCUT2D eigenvalue weighted by atomic mass is 10.3. The molecule has 1 fully saturated rings. The van der Waals surface area contributed by atoms with Gasteiger partial charge in [0.1, 0.15) is 10.1 Å². The number of halogens is 2. The van der Waals surface area contributed by atoms with Crippen molar-refractivity contribution < 1.29 is 9.53 Å². The van der Waals surface area contributed by atoms with Gasteiger partial charge in [0.2, 0.25) is 5.91 Å². The van der Waals surface area contributed by atoms with Gasteiger partial charge in [0, 0.05) is 5.69 Å². The summed E-state index contributed by atoms with van der Waals surface area (Å²) in [4.78, 5) is 11.6. The summed E-state index contributed by atoms with van der Waals surface area (Å²) >= 11 is 11.6. The zero-order chi connectivity index (χ0) is 11.8. The first-order chi connectivity index (χ1) is 7.53. The highest BCUT2D eigenvalue weighted by Crippen LogP contribution is 2.53. The van der Waals surface area contributed by atoms with E-state index >= 15 is 0 Å². The van der Waals surface area contributed by atoms with Crippen molar-refractivity contribution in [3.05, 3.63) is 24.3 Å². The molecule has 1 atom stereocenters. The summed E-state index contributed by atoms with van der Waals surface area (Å²) in [6.07, 6.45) is 0.512. The number of alkyl halides is 2. The maximum atomic E-state index is 11.6. The number of rotatable bonds is 3. The number of amides is 1. The van der Waals surface area contributed by atoms with E-state index in [0.717, 1.165) is 5.75 Å². The highest BCUT2D eigenvalue weighted by atomic mass is 35.5. The number of benzene rings is 1. The molecule has 86 valence electrons. The van der Waals surface area contributed by atoms with E-state index in [1.165, 1.54) is 0 Å². The second kappa shape index (κ2) is 4.15. The molecule has 0 unspecified atom stereocenters. The van der Waals surface area contributed by atoms with E-state index in [4.69, 9.17) is 27.9 Å². The Morgan fingerprint density at radius 1 is 1.44 bits per heavy atom. The van der Waals surface area contributed by atoms with Gasteiger partial charge >= 0.3 is 0 Å². The smallest absolute Gasteiger partial charge is 0.230 e. The van der Waals surface area contributed by atoms with Crippen molar-refractivity contribution in [2.75, 3.05) is 12.4 Å². The highest BCUT2D eigenvalue weighted by Gasteiger charge is 2.56. The van der Waals surface area contributed by atoms with Crippen LogP contribution in [0, 0.1) is 5.92 Å². The molecular weight excluding hydrogens is 249 g/mol. The van der Waals surface area contributed by atoms with Gasteiger partial charge < -0.3 is 10.1 Å². The lowest BCUT2D eigenvalue weighted by Gasteiger charge is -2.06. The third kappa shape index (κ3) is 2.42. The Labute approximate surface area is 104 Å². The predicted octanol–water partition coefficient (Wildman–Crippen LogP) is 2.83. The fourth-order valence-corrected chi connectivity index (χ4v) is 1.91. The number of anilines is 1. The number of hydrogen-bond acceptors (Lipinski definition) is 2. The minimum absolute atomic E-state index is 0.143. The van der Waals surface area contributed by atoms with Crippen molar-refractivity contribution in [3.8, 4) is 5.75 Å². The normalized spacial score (nSPS) is 21.3. The summed E-state index contributed by atoms with van der Waals surface area (Å²) in [6, 6.07) is 7.08. The van der Waals surface area contributed by atoms with Crippen LogP contribution in [0.2, 0.25) is 0 Å². The van der Waals surface area contributed by atoms with E-state index < -0.39 is 4.33 Å². The van der Waals surface area contributed by atoms with Crippen molar-refractivity contribution in [3.63, 3.8) is 0 Å². The maximum absolute atomic E-state index is 11.6. The van der Waals surface area contributed by atoms with Crippen LogP contribution >= 0.6 is 23.2 Å². The Morgan fingerprint density at radius 2 is 2.00 bits per heavy atom. The quantitative estimate of drug-likeness (QED) is 0.848. The van der Waals surface area contributed by atoms with Gasteiger partial charge in [-0.1, -0.05) is 0 Å². The van der Waals surface area contributed by atoms with Crippen LogP contribution in [0.4, 0.5) is 5.69 Å². The molecule has 0 aliphatic heterocycles. The van der Waals surface area contributed by atoms with Crippen LogP contribution in [-0.2, 0) is 4.79 Å². The third-order valence-corrected chi connectivity index (χ3v) is 3.34. The topological polar surface area (TPSA) is 38.3 Å². The molecule has 2 rings (SSSR count). The van der Waals surface area contributed by atoms with Crippen LogP contribution < -0.4 is 10.1 Å². The molecule has 1 N–H and O–H groups in total. The van der Waals surface area contributed by atoms with Crippen LogP contribution in [0.25, 0.3) is 0 Å². The summed E-state index contributed by atoms with van der Waals surface area (Å²) in [5, 5.41) is 2.75. The summed E-state index contributed by atoms with van der Waals surface area (Å²) in [5.41, 5.74) is 0.710. The summed E-state index contributed by atoms with van der Waals surface area (Å²) in [7, 11) is 1.59. The Hall–Kier alpha value is -0.930. The maximum Gasteiger partial charge on any atom is 0.230 e. The van der Waals surface area contributed by atoms with E-state index in [0.29, 0.717) is 12.1 Å². The van der Waals surface area contributed by atoms with Crippen molar-refractivity contribution in [1.82, 2.24) is 0 Å². The van der Waals surface area contributed by atoms with Crippen molar-refractivity contribution in [1.29, 1.82) is 0 Å². The van der Waals surface area contributed by atoms with Gasteiger partial charge in [-0.25, -0.2) is 0 Å². The number of methoxy groups -OCH3 is 1. The van der Waals surface area contributed by atoms with Crippen molar-refractivity contribution >= 4 is 34.8 Å². The van der Waals surface area contributed by atoms with Gasteiger partial charge in [0.05, 0.1) is 13.0 Å². The first-order valence-electron chi connectivity index (χ1n) is 4.85. The molecule has 0 bridgehead atoms. The van der Waals surface area contributed by atoms with E-state index in [1.54, 1.807) is 31.4 Å². The van der Waals surface area contributed by atoms with Crippen molar-refractivity contribution in [2.45, 2.75) is 10.8 Å². The molecule has 1 amide bonds. The summed E-state index contributed by atoms with van der Waals surface area (Å²) in [5.74, 6) is 0.293. The lowest BCUT2D eigenvalue weighted by Crippen LogP contribution is -2.16. The number of hydrogen-bond donors (Lipinski definition) is 1. The molecule has 0 saturated heterocycles. The first kappa shape index (κ1) is 11.6. The van der Waals surface area contributed by atoms with Gasteiger partial charge in [0.15, 0.2) is 0 Å². The number of ether oxygens (including phenoxy) is 1. The van der Waals surface area contributed by atoms with Crippen LogP contribution in [0.3, 0.4) is 0 Å². The molecular formula is C11H11Cl2NO2. The van der Waals surface area contributed by atoms with Crippen LogP contribution in [0.15, 0.2) is 24.3 Å². The van der Waals surface area contributed by atoms with Crippen LogP contribution in [0.5, 0.6) is 5.75 Å². The third-order valence-electron chi connectivity index (χ3n) is 2.50. The molecule has 1 aliphatic rings. The standard InChI is InChI=1S/C11H11Cl2NO2/c1-16-8-4-2-7(3-5-8)14-10(15)9-6-11(9,12)13/h2-5,9H,6H2,1H3,(H,14,15)/t9-/m0/s1. The molecule has 1 aromatic rings. The lowest BCUT2D eigenvalue weighted by molar-refractivity contribution is -0.117. The van der Waals surface area contributed by atoms with E-state index in [1.807, 2.05) is 0 Å². The first-order valence-corrected chi connectivity index (χ1v) is 5.61. The van der Waals surface area contributed by atoms with Crippen LogP contribution in [-0.4, -0.2) is 17.4 Å². The van der Waals surface area contributed by atoms with Crippen molar-refractivity contribution in [2.24, 2.45) is 5.92 Å². The van der Waals surface area contributed by atoms with Gasteiger partial charge in [-0.15, -0.1) is 23.2 Å². The Kier molecular flexibility index (Phi) is 3.00. The molecule has 1 aromatic carbocycles. The fourth-order valence-electron chi connectivity index (χ4n) is 1.40. The molecule has 1 aliphatic carbocycles. The van der Waals surface area contributed by atoms with Gasteiger partial charge in [-0.3, -0.25) is 4.79 Å². The zero-order valence-corrected chi connectivity index (χ0v) is 10.2. The molecule has 5 heteroatoms. The minimum atomic E-state index is -0.878. The molecule has 0 spiro atoms. The molecule has 1 saturated carbocycles. The molecule has 0 heterocycles. The largest absolute Gasteiger partial charge is 0.497 e. The summed E-state index contributed by atoms with van der Waals surface area (Å²) in [6.45, 7) is 0. The second-order valence-electron chi connectivity index (χ2n) is 3.74. The zero-order valence-electron chi connectivity index (χ0n) is 8.67. The average Bonchev–Trinajstić information content (AvgIpc) is 2.89. The Bertz CT molecular complexity index is 403. The SMILES string of the molecule is COc1ccc(NC(=O)[C@@H]2CC2(Cl)Cl)cc1. The monoisotopic (exact) mass is 259 g/mol. The number of carbonyl (C=O) groups excluding carboxylic acids is 1. The number of nitrogens with one attached hydrogen (secondary N) is 1. The van der Waals surface area contributed by atoms with Crippen LogP contribution in [0.1, 0.15) is 6.42 Å². The van der Waals surface area contributed by atoms with Gasteiger partial charge in [-0.2, -0.15) is 0 Å². The van der Waals surface area contributed by atoms with Gasteiger partial charge in [-0.05, 0) is 30.7 Å². The number of carbonyl (C=O) groups is 1. The molecule has 3 nitrogen and oxygen atoms in total. The van der Waals surface area contributed by atoms with E-state index in [9.17, 15) is 4.79 Å². The predicted molar refractivity (Wildman–Crippen MR) is 64.2 cm³/mol. The van der Waals surface area contributed by atoms with E-state index in [2.05, 4.69) is 5.32 Å². The second-order valence-corrected chi connectivity index (χ2v) is 5.28.